The maximum absolute atomic E-state index is 12.0. The van der Waals surface area contributed by atoms with Gasteiger partial charge in [0.25, 0.3) is 5.91 Å². The van der Waals surface area contributed by atoms with Crippen molar-refractivity contribution >= 4 is 11.6 Å². The molecule has 1 amide bonds. The molecule has 2 aromatic rings. The lowest BCUT2D eigenvalue weighted by atomic mass is 10.1. The summed E-state index contributed by atoms with van der Waals surface area (Å²) in [5, 5.41) is 12.1. The van der Waals surface area contributed by atoms with Gasteiger partial charge < -0.3 is 16.2 Å². The molecule has 1 heterocycles. The zero-order chi connectivity index (χ0) is 13.7. The van der Waals surface area contributed by atoms with Gasteiger partial charge in [0.05, 0.1) is 24.5 Å². The highest BCUT2D eigenvalue weighted by molar-refractivity contribution is 5.92. The van der Waals surface area contributed by atoms with E-state index in [1.54, 1.807) is 12.1 Å². The lowest BCUT2D eigenvalue weighted by Crippen LogP contribution is -2.31. The van der Waals surface area contributed by atoms with Crippen molar-refractivity contribution in [2.45, 2.75) is 6.04 Å². The molecule has 0 saturated carbocycles. The molecule has 0 radical (unpaired) electrons. The van der Waals surface area contributed by atoms with Crippen LogP contribution >= 0.6 is 0 Å². The first-order valence-corrected chi connectivity index (χ1v) is 5.89. The topological polar surface area (TPSA) is 88.2 Å². The minimum atomic E-state index is -0.451. The third-order valence-electron chi connectivity index (χ3n) is 2.71. The van der Waals surface area contributed by atoms with E-state index in [4.69, 9.17) is 5.73 Å². The Hall–Kier alpha value is -2.40. The van der Waals surface area contributed by atoms with Crippen LogP contribution in [0.2, 0.25) is 0 Å². The van der Waals surface area contributed by atoms with Crippen molar-refractivity contribution in [3.8, 4) is 0 Å². The summed E-state index contributed by atoms with van der Waals surface area (Å²) in [6.45, 7) is -0.176. The number of hydrogen-bond acceptors (Lipinski definition) is 4. The molecule has 0 unspecified atom stereocenters. The second kappa shape index (κ2) is 5.97. The van der Waals surface area contributed by atoms with E-state index in [-0.39, 0.29) is 18.2 Å². The average molecular weight is 257 g/mol. The number of nitrogens with zero attached hydrogens (tertiary/aromatic N) is 1. The highest BCUT2D eigenvalue weighted by atomic mass is 16.3. The van der Waals surface area contributed by atoms with Gasteiger partial charge in [-0.05, 0) is 17.7 Å². The summed E-state index contributed by atoms with van der Waals surface area (Å²) in [6, 6.07) is 12.0. The fraction of sp³-hybridized carbons (Fsp3) is 0.143. The standard InChI is InChI=1S/C14H15N3O2/c15-11-6-7-12(16-8-11)14(19)17-13(9-18)10-4-2-1-3-5-10/h1-8,13,18H,9,15H2,(H,17,19)/t13-/m1/s1. The smallest absolute Gasteiger partial charge is 0.270 e. The third kappa shape index (κ3) is 3.29. The van der Waals surface area contributed by atoms with Crippen molar-refractivity contribution in [1.82, 2.24) is 10.3 Å². The van der Waals surface area contributed by atoms with Crippen molar-refractivity contribution in [3.05, 3.63) is 59.9 Å². The highest BCUT2D eigenvalue weighted by Gasteiger charge is 2.15. The van der Waals surface area contributed by atoms with Gasteiger partial charge >= 0.3 is 0 Å². The average Bonchev–Trinajstić information content (AvgIpc) is 2.46. The summed E-state index contributed by atoms with van der Waals surface area (Å²) in [6.07, 6.45) is 1.42. The Kier molecular flexibility index (Phi) is 4.10. The summed E-state index contributed by atoms with van der Waals surface area (Å²) < 4.78 is 0. The van der Waals surface area contributed by atoms with E-state index < -0.39 is 6.04 Å². The van der Waals surface area contributed by atoms with Crippen LogP contribution in [-0.4, -0.2) is 22.6 Å². The predicted molar refractivity (Wildman–Crippen MR) is 72.4 cm³/mol. The van der Waals surface area contributed by atoms with Gasteiger partial charge in [0.15, 0.2) is 0 Å². The first-order valence-electron chi connectivity index (χ1n) is 5.89. The number of nitrogens with two attached hydrogens (primary N) is 1. The van der Waals surface area contributed by atoms with Crippen molar-refractivity contribution < 1.29 is 9.90 Å². The first-order chi connectivity index (χ1) is 9.20. The summed E-state index contributed by atoms with van der Waals surface area (Å²) >= 11 is 0. The second-order valence-electron chi connectivity index (χ2n) is 4.10. The Morgan fingerprint density at radius 2 is 2.00 bits per heavy atom. The largest absolute Gasteiger partial charge is 0.397 e. The molecule has 1 aromatic carbocycles. The molecule has 0 saturated heterocycles. The van der Waals surface area contributed by atoms with E-state index in [0.29, 0.717) is 5.69 Å². The second-order valence-corrected chi connectivity index (χ2v) is 4.10. The van der Waals surface area contributed by atoms with Crippen LogP contribution in [0, 0.1) is 0 Å². The fourth-order valence-corrected chi connectivity index (χ4v) is 1.69. The molecular weight excluding hydrogens is 242 g/mol. The number of nitrogens with one attached hydrogen (secondary N) is 1. The minimum absolute atomic E-state index is 0.176. The number of benzene rings is 1. The maximum Gasteiger partial charge on any atom is 0.270 e. The molecule has 0 aliphatic carbocycles. The van der Waals surface area contributed by atoms with Crippen LogP contribution in [0.5, 0.6) is 0 Å². The van der Waals surface area contributed by atoms with Crippen LogP contribution < -0.4 is 11.1 Å². The monoisotopic (exact) mass is 257 g/mol. The molecule has 0 bridgehead atoms. The third-order valence-corrected chi connectivity index (χ3v) is 2.71. The van der Waals surface area contributed by atoms with Gasteiger partial charge in [-0.1, -0.05) is 30.3 Å². The number of hydrogen-bond donors (Lipinski definition) is 3. The van der Waals surface area contributed by atoms with Gasteiger partial charge in [0.2, 0.25) is 0 Å². The van der Waals surface area contributed by atoms with Crippen molar-refractivity contribution in [2.75, 3.05) is 12.3 Å². The number of aromatic nitrogens is 1. The summed E-state index contributed by atoms with van der Waals surface area (Å²) in [5.41, 5.74) is 7.12. The Labute approximate surface area is 111 Å². The van der Waals surface area contributed by atoms with E-state index in [9.17, 15) is 9.90 Å². The number of carbonyl (C=O) groups excluding carboxylic acids is 1. The molecule has 0 aliphatic rings. The molecule has 4 N–H and O–H groups in total. The molecule has 0 spiro atoms. The van der Waals surface area contributed by atoms with Crippen LogP contribution in [0.1, 0.15) is 22.1 Å². The Morgan fingerprint density at radius 1 is 1.26 bits per heavy atom. The molecule has 1 aromatic heterocycles. The molecule has 1 atom stereocenters. The number of anilines is 1. The maximum atomic E-state index is 12.0. The number of pyridine rings is 1. The number of amides is 1. The van der Waals surface area contributed by atoms with Crippen molar-refractivity contribution in [1.29, 1.82) is 0 Å². The molecule has 0 fully saturated rings. The zero-order valence-electron chi connectivity index (χ0n) is 10.3. The number of aliphatic hydroxyl groups excluding tert-OH is 1. The lowest BCUT2D eigenvalue weighted by Gasteiger charge is -2.16. The number of aliphatic hydroxyl groups is 1. The quantitative estimate of drug-likeness (QED) is 0.766. The Morgan fingerprint density at radius 3 is 2.58 bits per heavy atom. The number of nitrogen functional groups attached to an aromatic ring is 1. The minimum Gasteiger partial charge on any atom is -0.397 e. The predicted octanol–water partition coefficient (Wildman–Crippen LogP) is 1.13. The van der Waals surface area contributed by atoms with Crippen LogP contribution in [0.15, 0.2) is 48.7 Å². The van der Waals surface area contributed by atoms with E-state index in [1.165, 1.54) is 6.20 Å². The molecule has 19 heavy (non-hydrogen) atoms. The van der Waals surface area contributed by atoms with Crippen LogP contribution in [0.4, 0.5) is 5.69 Å². The van der Waals surface area contributed by atoms with Gasteiger partial charge in [0.1, 0.15) is 5.69 Å². The van der Waals surface area contributed by atoms with E-state index >= 15 is 0 Å². The van der Waals surface area contributed by atoms with E-state index in [2.05, 4.69) is 10.3 Å². The Bertz CT molecular complexity index is 540. The zero-order valence-corrected chi connectivity index (χ0v) is 10.3. The Balaban J connectivity index is 2.10. The summed E-state index contributed by atoms with van der Waals surface area (Å²) in [7, 11) is 0. The summed E-state index contributed by atoms with van der Waals surface area (Å²) in [4.78, 5) is 15.9. The molecule has 2 rings (SSSR count). The van der Waals surface area contributed by atoms with Gasteiger partial charge in [-0.2, -0.15) is 0 Å². The van der Waals surface area contributed by atoms with Gasteiger partial charge in [-0.25, -0.2) is 4.98 Å². The molecule has 0 aliphatic heterocycles. The lowest BCUT2D eigenvalue weighted by molar-refractivity contribution is 0.0911. The van der Waals surface area contributed by atoms with E-state index in [1.807, 2.05) is 30.3 Å². The first kappa shape index (κ1) is 13.0. The van der Waals surface area contributed by atoms with E-state index in [0.717, 1.165) is 5.56 Å². The van der Waals surface area contributed by atoms with Crippen LogP contribution in [0.3, 0.4) is 0 Å². The molecule has 5 heteroatoms. The summed E-state index contributed by atoms with van der Waals surface area (Å²) in [5.74, 6) is -0.345. The normalized spacial score (nSPS) is 11.8. The van der Waals surface area contributed by atoms with Crippen molar-refractivity contribution in [2.24, 2.45) is 0 Å². The number of rotatable bonds is 4. The van der Waals surface area contributed by atoms with Crippen LogP contribution in [-0.2, 0) is 0 Å². The molecule has 5 nitrogen and oxygen atoms in total. The highest BCUT2D eigenvalue weighted by Crippen LogP contribution is 2.12. The fourth-order valence-electron chi connectivity index (χ4n) is 1.69. The van der Waals surface area contributed by atoms with Gasteiger partial charge in [0, 0.05) is 0 Å². The van der Waals surface area contributed by atoms with Gasteiger partial charge in [-0.3, -0.25) is 4.79 Å². The molecular formula is C14H15N3O2. The SMILES string of the molecule is Nc1ccc(C(=O)N[C@H](CO)c2ccccc2)nc1. The van der Waals surface area contributed by atoms with Crippen molar-refractivity contribution in [3.63, 3.8) is 0 Å². The molecule has 98 valence electrons. The van der Waals surface area contributed by atoms with Gasteiger partial charge in [-0.15, -0.1) is 0 Å². The van der Waals surface area contributed by atoms with Crippen LogP contribution in [0.25, 0.3) is 0 Å². The number of carbonyl (C=O) groups is 1.